The van der Waals surface area contributed by atoms with E-state index < -0.39 is 11.4 Å². The van der Waals surface area contributed by atoms with Gasteiger partial charge in [-0.25, -0.2) is 4.39 Å². The van der Waals surface area contributed by atoms with Crippen LogP contribution in [-0.2, 0) is 0 Å². The molecule has 1 unspecified atom stereocenters. The monoisotopic (exact) mass is 395 g/mol. The number of aryl methyl sites for hydroxylation is 1. The zero-order valence-electron chi connectivity index (χ0n) is 16.9. The fraction of sp³-hybridized carbons (Fsp3) is 0.565. The van der Waals surface area contributed by atoms with E-state index in [1.165, 1.54) is 17.5 Å². The summed E-state index contributed by atoms with van der Waals surface area (Å²) in [4.78, 5) is 27.1. The van der Waals surface area contributed by atoms with Gasteiger partial charge >= 0.3 is 0 Å². The van der Waals surface area contributed by atoms with Gasteiger partial charge in [-0.1, -0.05) is 0 Å². The minimum Gasteiger partial charge on any atom is -0.368 e. The molecular formula is C23H26FN3O2. The zero-order valence-corrected chi connectivity index (χ0v) is 16.9. The molecule has 0 amide bonds. The summed E-state index contributed by atoms with van der Waals surface area (Å²) < 4.78 is 16.7. The minimum absolute atomic E-state index is 0.0346. The van der Waals surface area contributed by atoms with E-state index in [0.717, 1.165) is 55.4 Å². The first kappa shape index (κ1) is 17.6. The lowest BCUT2D eigenvalue weighted by Gasteiger charge is -2.25. The minimum atomic E-state index is -0.425. The van der Waals surface area contributed by atoms with Crippen molar-refractivity contribution in [1.82, 2.24) is 4.40 Å². The molecule has 29 heavy (non-hydrogen) atoms. The highest BCUT2D eigenvalue weighted by Crippen LogP contribution is 2.62. The second-order valence-electron chi connectivity index (χ2n) is 9.84. The summed E-state index contributed by atoms with van der Waals surface area (Å²) in [6.45, 7) is 4.94. The number of rotatable bonds is 3. The van der Waals surface area contributed by atoms with Crippen LogP contribution in [0.4, 0.5) is 10.1 Å². The maximum absolute atomic E-state index is 15.4. The average molecular weight is 395 g/mol. The summed E-state index contributed by atoms with van der Waals surface area (Å²) in [6, 6.07) is 1.76. The second kappa shape index (κ2) is 5.48. The molecule has 0 bridgehead atoms. The maximum Gasteiger partial charge on any atom is 0.266 e. The van der Waals surface area contributed by atoms with Crippen LogP contribution in [0.5, 0.6) is 0 Å². The first-order valence-corrected chi connectivity index (χ1v) is 10.7. The van der Waals surface area contributed by atoms with E-state index in [0.29, 0.717) is 29.4 Å². The third-order valence-electron chi connectivity index (χ3n) is 8.07. The molecule has 6 heteroatoms. The Morgan fingerprint density at radius 3 is 2.72 bits per heavy atom. The SMILES string of the molecule is CC(=O)c1cc(C2CC2)c2c(C)c(N3C[C@H]4CC5C[C@]5(N)[C@H]4C3)c(F)cn2c1=O. The molecule has 0 spiro atoms. The average Bonchev–Trinajstić information content (AvgIpc) is 3.53. The summed E-state index contributed by atoms with van der Waals surface area (Å²) in [6.07, 6.45) is 5.64. The molecule has 5 nitrogen and oxygen atoms in total. The lowest BCUT2D eigenvalue weighted by Crippen LogP contribution is -2.35. The Kier molecular flexibility index (Phi) is 3.33. The van der Waals surface area contributed by atoms with E-state index in [4.69, 9.17) is 5.73 Å². The van der Waals surface area contributed by atoms with Crippen LogP contribution in [0.3, 0.4) is 0 Å². The van der Waals surface area contributed by atoms with Crippen LogP contribution >= 0.6 is 0 Å². The predicted octanol–water partition coefficient (Wildman–Crippen LogP) is 3.00. The third-order valence-corrected chi connectivity index (χ3v) is 8.07. The largest absolute Gasteiger partial charge is 0.368 e. The smallest absolute Gasteiger partial charge is 0.266 e. The molecule has 3 heterocycles. The number of carbonyl (C=O) groups is 1. The van der Waals surface area contributed by atoms with Gasteiger partial charge in [-0.2, -0.15) is 0 Å². The molecule has 4 atom stereocenters. The van der Waals surface area contributed by atoms with E-state index in [1.807, 2.05) is 6.92 Å². The van der Waals surface area contributed by atoms with Crippen molar-refractivity contribution in [2.45, 2.75) is 51.0 Å². The molecule has 0 aromatic carbocycles. The van der Waals surface area contributed by atoms with Crippen LogP contribution < -0.4 is 16.2 Å². The molecule has 6 rings (SSSR count). The summed E-state index contributed by atoms with van der Waals surface area (Å²) in [5, 5.41) is 0. The zero-order chi connectivity index (χ0) is 20.2. The molecule has 0 radical (unpaired) electrons. The Morgan fingerprint density at radius 1 is 1.31 bits per heavy atom. The second-order valence-corrected chi connectivity index (χ2v) is 9.84. The normalized spacial score (nSPS) is 32.6. The summed E-state index contributed by atoms with van der Waals surface area (Å²) in [5.74, 6) is 1.32. The van der Waals surface area contributed by atoms with Gasteiger partial charge in [-0.05, 0) is 80.4 Å². The van der Waals surface area contributed by atoms with Crippen LogP contribution in [0.15, 0.2) is 17.1 Å². The molecule has 152 valence electrons. The quantitative estimate of drug-likeness (QED) is 0.812. The van der Waals surface area contributed by atoms with Gasteiger partial charge in [0.25, 0.3) is 5.56 Å². The number of anilines is 1. The number of aromatic nitrogens is 1. The van der Waals surface area contributed by atoms with Crippen molar-refractivity contribution < 1.29 is 9.18 Å². The molecule has 2 N–H and O–H groups in total. The Labute approximate surface area is 168 Å². The van der Waals surface area contributed by atoms with E-state index in [1.54, 1.807) is 6.07 Å². The van der Waals surface area contributed by atoms with Crippen molar-refractivity contribution in [3.63, 3.8) is 0 Å². The molecule has 1 saturated heterocycles. The number of fused-ring (bicyclic) bond motifs is 4. The van der Waals surface area contributed by atoms with Crippen LogP contribution in [0.1, 0.15) is 60.0 Å². The Hall–Kier alpha value is -2.21. The van der Waals surface area contributed by atoms with Gasteiger partial charge in [0.15, 0.2) is 11.6 Å². The van der Waals surface area contributed by atoms with Gasteiger partial charge < -0.3 is 10.6 Å². The number of nitrogens with two attached hydrogens (primary N) is 1. The summed E-state index contributed by atoms with van der Waals surface area (Å²) in [5.41, 5.74) is 9.47. The Bertz CT molecular complexity index is 1150. The third kappa shape index (κ3) is 2.29. The Morgan fingerprint density at radius 2 is 2.07 bits per heavy atom. The molecule has 1 aliphatic heterocycles. The fourth-order valence-electron chi connectivity index (χ4n) is 6.38. The van der Waals surface area contributed by atoms with E-state index in [9.17, 15) is 9.59 Å². The van der Waals surface area contributed by atoms with Crippen LogP contribution in [0.2, 0.25) is 0 Å². The van der Waals surface area contributed by atoms with E-state index in [2.05, 4.69) is 4.90 Å². The van der Waals surface area contributed by atoms with Gasteiger partial charge in [-0.3, -0.25) is 14.0 Å². The molecule has 2 aromatic rings. The van der Waals surface area contributed by atoms with Crippen LogP contribution in [-0.4, -0.2) is 28.8 Å². The number of hydrogen-bond acceptors (Lipinski definition) is 4. The van der Waals surface area contributed by atoms with E-state index >= 15 is 4.39 Å². The van der Waals surface area contributed by atoms with Gasteiger partial charge in [-0.15, -0.1) is 0 Å². The number of pyridine rings is 2. The lowest BCUT2D eigenvalue weighted by atomic mass is 9.92. The lowest BCUT2D eigenvalue weighted by molar-refractivity contribution is 0.101. The van der Waals surface area contributed by atoms with Crippen molar-refractivity contribution in [1.29, 1.82) is 0 Å². The van der Waals surface area contributed by atoms with Crippen molar-refractivity contribution in [2.75, 3.05) is 18.0 Å². The highest BCUT2D eigenvalue weighted by atomic mass is 19.1. The molecule has 4 aliphatic rings. The van der Waals surface area contributed by atoms with Crippen molar-refractivity contribution in [2.24, 2.45) is 23.5 Å². The number of hydrogen-bond donors (Lipinski definition) is 1. The van der Waals surface area contributed by atoms with Gasteiger partial charge in [0.2, 0.25) is 0 Å². The molecule has 4 fully saturated rings. The number of carbonyl (C=O) groups excluding carboxylic acids is 1. The molecule has 2 aromatic heterocycles. The first-order chi connectivity index (χ1) is 13.8. The van der Waals surface area contributed by atoms with Crippen LogP contribution in [0, 0.1) is 30.5 Å². The van der Waals surface area contributed by atoms with Crippen molar-refractivity contribution >= 4 is 17.0 Å². The first-order valence-electron chi connectivity index (χ1n) is 10.7. The predicted molar refractivity (Wildman–Crippen MR) is 109 cm³/mol. The molecular weight excluding hydrogens is 369 g/mol. The van der Waals surface area contributed by atoms with Crippen LogP contribution in [0.25, 0.3) is 5.52 Å². The summed E-state index contributed by atoms with van der Waals surface area (Å²) >= 11 is 0. The summed E-state index contributed by atoms with van der Waals surface area (Å²) in [7, 11) is 0. The molecule has 3 aliphatic carbocycles. The van der Waals surface area contributed by atoms with E-state index in [-0.39, 0.29) is 16.9 Å². The number of ketones is 1. The Balaban J connectivity index is 1.52. The standard InChI is InChI=1S/C23H26FN3O2/c1-11-20-17(13-3-4-13)6-16(12(2)28)22(29)27(20)10-19(24)21(11)26-8-14-5-15-7-23(15,25)18(14)9-26/h6,10,13-15,18H,3-5,7-9,25H2,1-2H3/t14-,15?,18+,23-/m1/s1. The highest BCUT2D eigenvalue weighted by Gasteiger charge is 2.66. The highest BCUT2D eigenvalue weighted by molar-refractivity contribution is 5.95. The number of nitrogens with zero attached hydrogens (tertiary/aromatic N) is 2. The molecule has 3 saturated carbocycles. The van der Waals surface area contributed by atoms with Gasteiger partial charge in [0.05, 0.1) is 23.0 Å². The topological polar surface area (TPSA) is 67.8 Å². The maximum atomic E-state index is 15.4. The number of halogens is 1. The fourth-order valence-corrected chi connectivity index (χ4v) is 6.38. The van der Waals surface area contributed by atoms with Crippen molar-refractivity contribution in [3.8, 4) is 0 Å². The number of Topliss-reactive ketones (excluding diaryl/α,β-unsaturated/α-hetero) is 1. The van der Waals surface area contributed by atoms with Gasteiger partial charge in [0.1, 0.15) is 0 Å². The van der Waals surface area contributed by atoms with Crippen molar-refractivity contribution in [3.05, 3.63) is 45.1 Å². The van der Waals surface area contributed by atoms with Gasteiger partial charge in [0, 0.05) is 18.6 Å².